The van der Waals surface area contributed by atoms with Gasteiger partial charge in [0, 0.05) is 24.8 Å². The number of nitrogens with one attached hydrogen (secondary N) is 2. The van der Waals surface area contributed by atoms with Crippen LogP contribution in [-0.4, -0.2) is 24.5 Å². The van der Waals surface area contributed by atoms with E-state index in [4.69, 9.17) is 0 Å². The van der Waals surface area contributed by atoms with E-state index in [2.05, 4.69) is 29.5 Å². The number of carbonyl (C=O) groups is 1. The number of anilines is 1. The van der Waals surface area contributed by atoms with E-state index >= 15 is 0 Å². The van der Waals surface area contributed by atoms with Crippen LogP contribution in [-0.2, 0) is 0 Å². The molecule has 0 atom stereocenters. The number of aromatic nitrogens is 1. The molecule has 2 N–H and O–H groups in total. The van der Waals surface area contributed by atoms with Crippen molar-refractivity contribution >= 4 is 11.7 Å². The Balaban J connectivity index is 1.98. The molecule has 4 nitrogen and oxygen atoms in total. The number of hydrogen-bond donors (Lipinski definition) is 2. The van der Waals surface area contributed by atoms with Gasteiger partial charge in [0.15, 0.2) is 0 Å². The van der Waals surface area contributed by atoms with Crippen molar-refractivity contribution in [2.45, 2.75) is 45.4 Å². The third kappa shape index (κ3) is 3.71. The van der Waals surface area contributed by atoms with Gasteiger partial charge in [0.25, 0.3) is 5.91 Å². The molecule has 1 heterocycles. The van der Waals surface area contributed by atoms with E-state index in [1.54, 1.807) is 0 Å². The lowest BCUT2D eigenvalue weighted by molar-refractivity contribution is 0.0949. The lowest BCUT2D eigenvalue weighted by Crippen LogP contribution is -2.27. The molecular formula is C16H25N3O. The first-order valence-electron chi connectivity index (χ1n) is 7.58. The third-order valence-corrected chi connectivity index (χ3v) is 4.02. The zero-order chi connectivity index (χ0) is 14.5. The molecule has 2 rings (SSSR count). The predicted octanol–water partition coefficient (Wildman–Crippen LogP) is 3.17. The molecule has 1 aliphatic carbocycles. The van der Waals surface area contributed by atoms with Crippen LogP contribution in [0.2, 0.25) is 0 Å². The first kappa shape index (κ1) is 14.8. The van der Waals surface area contributed by atoms with Crippen LogP contribution in [0.25, 0.3) is 0 Å². The van der Waals surface area contributed by atoms with Crippen LogP contribution in [0.3, 0.4) is 0 Å². The first-order chi connectivity index (χ1) is 9.60. The van der Waals surface area contributed by atoms with Gasteiger partial charge in [-0.25, -0.2) is 4.98 Å². The Morgan fingerprint density at radius 1 is 1.40 bits per heavy atom. The highest BCUT2D eigenvalue weighted by Crippen LogP contribution is 2.28. The largest absolute Gasteiger partial charge is 0.373 e. The van der Waals surface area contributed by atoms with Crippen molar-refractivity contribution in [3.05, 3.63) is 23.4 Å². The summed E-state index contributed by atoms with van der Waals surface area (Å²) in [5.74, 6) is 1.89. The van der Waals surface area contributed by atoms with Crippen molar-refractivity contribution in [3.63, 3.8) is 0 Å². The van der Waals surface area contributed by atoms with Crippen molar-refractivity contribution in [3.8, 4) is 0 Å². The fraction of sp³-hybridized carbons (Fsp3) is 0.625. The SMILES string of the molecule is CNc1cc(C(=O)NCCC2CCC2)cc(C(C)C)n1. The van der Waals surface area contributed by atoms with Crippen molar-refractivity contribution in [1.29, 1.82) is 0 Å². The standard InChI is InChI=1S/C16H25N3O/c1-11(2)14-9-13(10-15(17-3)19-14)16(20)18-8-7-12-5-4-6-12/h9-12H,4-8H2,1-3H3,(H,17,19)(H,18,20). The second-order valence-electron chi connectivity index (χ2n) is 5.91. The van der Waals surface area contributed by atoms with Crippen molar-refractivity contribution in [2.24, 2.45) is 5.92 Å². The van der Waals surface area contributed by atoms with Crippen LogP contribution in [0, 0.1) is 5.92 Å². The summed E-state index contributed by atoms with van der Waals surface area (Å²) in [6.07, 6.45) is 5.11. The quantitative estimate of drug-likeness (QED) is 0.838. The highest BCUT2D eigenvalue weighted by atomic mass is 16.1. The minimum absolute atomic E-state index is 0.00474. The Morgan fingerprint density at radius 3 is 2.70 bits per heavy atom. The summed E-state index contributed by atoms with van der Waals surface area (Å²) in [7, 11) is 1.82. The number of rotatable bonds is 6. The average molecular weight is 275 g/mol. The zero-order valence-corrected chi connectivity index (χ0v) is 12.7. The molecule has 0 unspecified atom stereocenters. The van der Waals surface area contributed by atoms with Gasteiger partial charge in [-0.15, -0.1) is 0 Å². The van der Waals surface area contributed by atoms with Gasteiger partial charge in [0.2, 0.25) is 0 Å². The number of carbonyl (C=O) groups excluding carboxylic acids is 1. The maximum Gasteiger partial charge on any atom is 0.251 e. The Bertz CT molecular complexity index is 467. The number of pyridine rings is 1. The Morgan fingerprint density at radius 2 is 2.15 bits per heavy atom. The molecule has 0 aliphatic heterocycles. The second kappa shape index (κ2) is 6.73. The molecule has 0 radical (unpaired) electrons. The van der Waals surface area contributed by atoms with E-state index in [-0.39, 0.29) is 5.91 Å². The Hall–Kier alpha value is -1.58. The molecule has 20 heavy (non-hydrogen) atoms. The monoisotopic (exact) mass is 275 g/mol. The summed E-state index contributed by atoms with van der Waals surface area (Å²) in [6.45, 7) is 4.94. The normalized spacial score (nSPS) is 15.0. The molecule has 1 aromatic heterocycles. The van der Waals surface area contributed by atoms with Crippen LogP contribution in [0.15, 0.2) is 12.1 Å². The number of amides is 1. The van der Waals surface area contributed by atoms with Crippen LogP contribution in [0.1, 0.15) is 61.5 Å². The molecule has 0 saturated heterocycles. The van der Waals surface area contributed by atoms with Gasteiger partial charge in [-0.2, -0.15) is 0 Å². The van der Waals surface area contributed by atoms with E-state index in [9.17, 15) is 4.79 Å². The van der Waals surface area contributed by atoms with Gasteiger partial charge in [0.05, 0.1) is 0 Å². The van der Waals surface area contributed by atoms with Crippen LogP contribution in [0.4, 0.5) is 5.82 Å². The van der Waals surface area contributed by atoms with Crippen molar-refractivity contribution in [1.82, 2.24) is 10.3 Å². The van der Waals surface area contributed by atoms with Gasteiger partial charge in [0.1, 0.15) is 5.82 Å². The van der Waals surface area contributed by atoms with E-state index < -0.39 is 0 Å². The maximum absolute atomic E-state index is 12.2. The summed E-state index contributed by atoms with van der Waals surface area (Å²) in [6, 6.07) is 3.70. The van der Waals surface area contributed by atoms with E-state index in [0.717, 1.165) is 30.4 Å². The molecule has 0 bridgehead atoms. The minimum Gasteiger partial charge on any atom is -0.373 e. The molecule has 110 valence electrons. The second-order valence-corrected chi connectivity index (χ2v) is 5.91. The first-order valence-corrected chi connectivity index (χ1v) is 7.58. The molecule has 4 heteroatoms. The molecule has 1 aromatic rings. The minimum atomic E-state index is 0.00474. The van der Waals surface area contributed by atoms with Crippen molar-refractivity contribution in [2.75, 3.05) is 18.9 Å². The third-order valence-electron chi connectivity index (χ3n) is 4.02. The number of nitrogens with zero attached hydrogens (tertiary/aromatic N) is 1. The lowest BCUT2D eigenvalue weighted by atomic mass is 9.83. The van der Waals surface area contributed by atoms with Gasteiger partial charge in [-0.3, -0.25) is 4.79 Å². The lowest BCUT2D eigenvalue weighted by Gasteiger charge is -2.25. The summed E-state index contributed by atoms with van der Waals surface area (Å²) in [5.41, 5.74) is 1.64. The van der Waals surface area contributed by atoms with E-state index in [0.29, 0.717) is 11.5 Å². The fourth-order valence-corrected chi connectivity index (χ4v) is 2.38. The summed E-state index contributed by atoms with van der Waals surface area (Å²) < 4.78 is 0. The van der Waals surface area contributed by atoms with E-state index in [1.165, 1.54) is 19.3 Å². The van der Waals surface area contributed by atoms with Gasteiger partial charge >= 0.3 is 0 Å². The Kier molecular flexibility index (Phi) is 4.99. The van der Waals surface area contributed by atoms with Crippen LogP contribution < -0.4 is 10.6 Å². The van der Waals surface area contributed by atoms with Gasteiger partial charge < -0.3 is 10.6 Å². The number of hydrogen-bond acceptors (Lipinski definition) is 3. The molecule has 1 fully saturated rings. The Labute approximate surface area is 121 Å². The topological polar surface area (TPSA) is 54.0 Å². The summed E-state index contributed by atoms with van der Waals surface area (Å²) in [4.78, 5) is 16.7. The smallest absolute Gasteiger partial charge is 0.251 e. The van der Waals surface area contributed by atoms with Crippen LogP contribution in [0.5, 0.6) is 0 Å². The molecule has 1 amide bonds. The highest BCUT2D eigenvalue weighted by Gasteiger charge is 2.17. The summed E-state index contributed by atoms with van der Waals surface area (Å²) >= 11 is 0. The zero-order valence-electron chi connectivity index (χ0n) is 12.7. The predicted molar refractivity (Wildman–Crippen MR) is 82.2 cm³/mol. The molecule has 0 aromatic carbocycles. The average Bonchev–Trinajstić information content (AvgIpc) is 2.40. The maximum atomic E-state index is 12.2. The van der Waals surface area contributed by atoms with Gasteiger partial charge in [-0.05, 0) is 30.4 Å². The molecule has 0 spiro atoms. The molecule has 1 aliphatic rings. The van der Waals surface area contributed by atoms with Crippen molar-refractivity contribution < 1.29 is 4.79 Å². The van der Waals surface area contributed by atoms with Gasteiger partial charge in [-0.1, -0.05) is 33.1 Å². The fourth-order valence-electron chi connectivity index (χ4n) is 2.38. The highest BCUT2D eigenvalue weighted by molar-refractivity contribution is 5.95. The molecular weight excluding hydrogens is 250 g/mol. The van der Waals surface area contributed by atoms with E-state index in [1.807, 2.05) is 19.2 Å². The summed E-state index contributed by atoms with van der Waals surface area (Å²) in [5, 5.41) is 6.04. The molecule has 1 saturated carbocycles. The van der Waals surface area contributed by atoms with Crippen LogP contribution >= 0.6 is 0 Å².